The molecule has 1 unspecified atom stereocenters. The summed E-state index contributed by atoms with van der Waals surface area (Å²) in [6.45, 7) is 5.87. The number of thioether (sulfide) groups is 1. The summed E-state index contributed by atoms with van der Waals surface area (Å²) in [5.41, 5.74) is 3.56. The van der Waals surface area contributed by atoms with E-state index >= 15 is 0 Å². The molecule has 0 bridgehead atoms. The third-order valence-electron chi connectivity index (χ3n) is 5.48. The van der Waals surface area contributed by atoms with Crippen LogP contribution >= 0.6 is 11.8 Å². The summed E-state index contributed by atoms with van der Waals surface area (Å²) in [6, 6.07) is 19.2. The molecule has 0 radical (unpaired) electrons. The van der Waals surface area contributed by atoms with Gasteiger partial charge in [0.15, 0.2) is 16.8 Å². The number of amides is 1. The number of rotatable bonds is 9. The zero-order valence-corrected chi connectivity index (χ0v) is 20.1. The summed E-state index contributed by atoms with van der Waals surface area (Å²) < 4.78 is 7.49. The van der Waals surface area contributed by atoms with Crippen LogP contribution in [0.15, 0.2) is 76.5 Å². The Hall–Kier alpha value is -3.65. The lowest BCUT2D eigenvalue weighted by Crippen LogP contribution is -2.23. The molecule has 1 N–H and O–H groups in total. The number of carbonyl (C=O) groups excluding carboxylic acids is 2. The van der Waals surface area contributed by atoms with E-state index in [0.29, 0.717) is 23.1 Å². The lowest BCUT2D eigenvalue weighted by Gasteiger charge is -2.13. The number of carbonyl (C=O) groups is 2. The summed E-state index contributed by atoms with van der Waals surface area (Å²) in [5, 5.41) is 12.3. The van der Waals surface area contributed by atoms with Crippen LogP contribution in [0.1, 0.15) is 47.1 Å². The molecule has 174 valence electrons. The van der Waals surface area contributed by atoms with Crippen molar-refractivity contribution in [1.82, 2.24) is 20.1 Å². The van der Waals surface area contributed by atoms with Gasteiger partial charge in [0.25, 0.3) is 0 Å². The lowest BCUT2D eigenvalue weighted by atomic mass is 10.0. The van der Waals surface area contributed by atoms with Crippen molar-refractivity contribution in [2.75, 3.05) is 5.75 Å². The van der Waals surface area contributed by atoms with Crippen LogP contribution < -0.4 is 5.32 Å². The van der Waals surface area contributed by atoms with Gasteiger partial charge in [-0.1, -0.05) is 66.4 Å². The Bertz CT molecular complexity index is 1280. The molecule has 1 amide bonds. The maximum atomic E-state index is 12.9. The van der Waals surface area contributed by atoms with Crippen LogP contribution in [-0.4, -0.2) is 32.2 Å². The minimum atomic E-state index is -0.114. The van der Waals surface area contributed by atoms with Crippen LogP contribution in [0.5, 0.6) is 0 Å². The molecule has 1 atom stereocenters. The summed E-state index contributed by atoms with van der Waals surface area (Å²) >= 11 is 1.36. The Morgan fingerprint density at radius 2 is 1.79 bits per heavy atom. The molecule has 0 fully saturated rings. The quantitative estimate of drug-likeness (QED) is 0.269. The Morgan fingerprint density at radius 3 is 2.44 bits per heavy atom. The monoisotopic (exact) mass is 474 g/mol. The van der Waals surface area contributed by atoms with E-state index in [1.165, 1.54) is 18.7 Å². The van der Waals surface area contributed by atoms with Gasteiger partial charge >= 0.3 is 0 Å². The zero-order chi connectivity index (χ0) is 24.1. The number of Topliss-reactive ketones (excluding diaryl/α,β-unsaturated/α-hetero) is 1. The molecule has 2 aromatic heterocycles. The normalized spacial score (nSPS) is 11.9. The van der Waals surface area contributed by atoms with E-state index in [0.717, 1.165) is 22.5 Å². The van der Waals surface area contributed by atoms with Gasteiger partial charge in [0, 0.05) is 12.5 Å². The number of hydrogen-bond acceptors (Lipinski definition) is 6. The van der Waals surface area contributed by atoms with Crippen molar-refractivity contribution >= 4 is 23.5 Å². The number of benzene rings is 2. The first-order valence-corrected chi connectivity index (χ1v) is 12.0. The Labute approximate surface area is 202 Å². The predicted molar refractivity (Wildman–Crippen MR) is 132 cm³/mol. The number of nitrogens with zero attached hydrogens (tertiary/aromatic N) is 3. The maximum absolute atomic E-state index is 12.9. The fourth-order valence-electron chi connectivity index (χ4n) is 3.68. The van der Waals surface area contributed by atoms with Crippen molar-refractivity contribution in [2.24, 2.45) is 0 Å². The summed E-state index contributed by atoms with van der Waals surface area (Å²) in [7, 11) is 0. The van der Waals surface area contributed by atoms with Gasteiger partial charge in [-0.3, -0.25) is 14.2 Å². The number of furan rings is 1. The third kappa shape index (κ3) is 5.46. The smallest absolute Gasteiger partial charge is 0.217 e. The zero-order valence-electron chi connectivity index (χ0n) is 19.3. The van der Waals surface area contributed by atoms with Crippen molar-refractivity contribution in [3.63, 3.8) is 0 Å². The molecule has 4 aromatic rings. The molecular formula is C26H26N4O3S. The summed E-state index contributed by atoms with van der Waals surface area (Å²) in [4.78, 5) is 24.1. The van der Waals surface area contributed by atoms with Gasteiger partial charge in [0.2, 0.25) is 5.91 Å². The first-order chi connectivity index (χ1) is 16.4. The van der Waals surface area contributed by atoms with Crippen molar-refractivity contribution in [3.05, 3.63) is 89.4 Å². The SMILES string of the molecule is CC(=O)NC(C)c1ccc(C(=O)CSc2nnc(-c3ccoc3C)n2Cc2ccccc2)cc1. The van der Waals surface area contributed by atoms with Gasteiger partial charge in [-0.25, -0.2) is 0 Å². The lowest BCUT2D eigenvalue weighted by molar-refractivity contribution is -0.119. The van der Waals surface area contributed by atoms with E-state index < -0.39 is 0 Å². The number of hydrogen-bond donors (Lipinski definition) is 1. The maximum Gasteiger partial charge on any atom is 0.217 e. The van der Waals surface area contributed by atoms with Crippen molar-refractivity contribution in [3.8, 4) is 11.4 Å². The van der Waals surface area contributed by atoms with Crippen molar-refractivity contribution < 1.29 is 14.0 Å². The summed E-state index contributed by atoms with van der Waals surface area (Å²) in [5.74, 6) is 1.62. The molecule has 2 heterocycles. The van der Waals surface area contributed by atoms with Crippen LogP contribution in [0, 0.1) is 6.92 Å². The second kappa shape index (κ2) is 10.5. The van der Waals surface area contributed by atoms with Crippen molar-refractivity contribution in [1.29, 1.82) is 0 Å². The van der Waals surface area contributed by atoms with E-state index in [4.69, 9.17) is 4.42 Å². The highest BCUT2D eigenvalue weighted by atomic mass is 32.2. The van der Waals surface area contributed by atoms with Gasteiger partial charge in [-0.15, -0.1) is 10.2 Å². The number of aryl methyl sites for hydroxylation is 1. The number of ketones is 1. The second-order valence-corrected chi connectivity index (χ2v) is 8.97. The molecular weight excluding hydrogens is 448 g/mol. The topological polar surface area (TPSA) is 90.0 Å². The van der Waals surface area contributed by atoms with E-state index in [1.807, 2.05) is 54.8 Å². The largest absolute Gasteiger partial charge is 0.469 e. The highest BCUT2D eigenvalue weighted by Crippen LogP contribution is 2.28. The molecule has 2 aromatic carbocycles. The second-order valence-electron chi connectivity index (χ2n) is 8.02. The molecule has 0 saturated heterocycles. The Balaban J connectivity index is 1.51. The minimum absolute atomic E-state index is 0.000895. The van der Waals surface area contributed by atoms with Crippen LogP contribution in [-0.2, 0) is 11.3 Å². The molecule has 0 aliphatic rings. The Morgan fingerprint density at radius 1 is 1.06 bits per heavy atom. The molecule has 8 heteroatoms. The molecule has 34 heavy (non-hydrogen) atoms. The fourth-order valence-corrected chi connectivity index (χ4v) is 4.51. The van der Waals surface area contributed by atoms with E-state index in [9.17, 15) is 9.59 Å². The Kier molecular flexibility index (Phi) is 7.27. The predicted octanol–water partition coefficient (Wildman–Crippen LogP) is 5.07. The van der Waals surface area contributed by atoms with Gasteiger partial charge in [-0.2, -0.15) is 0 Å². The third-order valence-corrected chi connectivity index (χ3v) is 6.45. The van der Waals surface area contributed by atoms with Crippen molar-refractivity contribution in [2.45, 2.75) is 38.5 Å². The van der Waals surface area contributed by atoms with Gasteiger partial charge < -0.3 is 9.73 Å². The highest BCUT2D eigenvalue weighted by molar-refractivity contribution is 7.99. The number of nitrogens with one attached hydrogen (secondary N) is 1. The molecule has 4 rings (SSSR count). The van der Waals surface area contributed by atoms with Crippen LogP contribution in [0.25, 0.3) is 11.4 Å². The highest BCUT2D eigenvalue weighted by Gasteiger charge is 2.19. The van der Waals surface area contributed by atoms with Gasteiger partial charge in [0.1, 0.15) is 5.76 Å². The van der Waals surface area contributed by atoms with Crippen LogP contribution in [0.3, 0.4) is 0 Å². The summed E-state index contributed by atoms with van der Waals surface area (Å²) in [6.07, 6.45) is 1.64. The molecule has 0 spiro atoms. The first-order valence-electron chi connectivity index (χ1n) is 11.0. The number of aromatic nitrogens is 3. The minimum Gasteiger partial charge on any atom is -0.469 e. The van der Waals surface area contributed by atoms with Crippen LogP contribution in [0.4, 0.5) is 0 Å². The standard InChI is InChI=1S/C26H26N4O3S/c1-17(27-19(3)31)21-9-11-22(12-10-21)24(32)16-34-26-29-28-25(23-13-14-33-18(23)2)30(26)15-20-7-5-4-6-8-20/h4-14,17H,15-16H2,1-3H3,(H,27,31). The van der Waals surface area contributed by atoms with E-state index in [1.54, 1.807) is 18.4 Å². The van der Waals surface area contributed by atoms with E-state index in [-0.39, 0.29) is 23.5 Å². The first kappa shape index (κ1) is 23.5. The van der Waals surface area contributed by atoms with E-state index in [2.05, 4.69) is 27.6 Å². The van der Waals surface area contributed by atoms with Gasteiger partial charge in [0.05, 0.1) is 30.2 Å². The molecule has 0 aliphatic carbocycles. The van der Waals surface area contributed by atoms with Gasteiger partial charge in [-0.05, 0) is 31.0 Å². The fraction of sp³-hybridized carbons (Fsp3) is 0.231. The van der Waals surface area contributed by atoms with Crippen LogP contribution in [0.2, 0.25) is 0 Å². The molecule has 0 aliphatic heterocycles. The molecule has 0 saturated carbocycles. The average Bonchev–Trinajstić information content (AvgIpc) is 3.43. The molecule has 7 nitrogen and oxygen atoms in total. The average molecular weight is 475 g/mol.